The van der Waals surface area contributed by atoms with Crippen molar-refractivity contribution in [2.45, 2.75) is 33.7 Å². The summed E-state index contributed by atoms with van der Waals surface area (Å²) >= 11 is 0. The molecule has 0 unspecified atom stereocenters. The molecule has 2 N–H and O–H groups in total. The predicted octanol–water partition coefficient (Wildman–Crippen LogP) is 3.10. The van der Waals surface area contributed by atoms with Crippen molar-refractivity contribution in [3.05, 3.63) is 47.8 Å². The zero-order chi connectivity index (χ0) is 13.2. The van der Waals surface area contributed by atoms with Gasteiger partial charge in [0.05, 0.1) is 12.7 Å². The Balaban J connectivity index is 2.07. The molecular formula is C15H21N3. The topological polar surface area (TPSA) is 43.8 Å². The molecule has 96 valence electrons. The largest absolute Gasteiger partial charge is 0.399 e. The maximum atomic E-state index is 5.77. The van der Waals surface area contributed by atoms with E-state index in [1.54, 1.807) is 0 Å². The highest BCUT2D eigenvalue weighted by atomic mass is 15.3. The van der Waals surface area contributed by atoms with Gasteiger partial charge in [-0.25, -0.2) is 0 Å². The van der Waals surface area contributed by atoms with Gasteiger partial charge < -0.3 is 5.73 Å². The van der Waals surface area contributed by atoms with E-state index in [-0.39, 0.29) is 0 Å². The molecule has 1 heterocycles. The summed E-state index contributed by atoms with van der Waals surface area (Å²) < 4.78 is 1.97. The van der Waals surface area contributed by atoms with E-state index in [2.05, 4.69) is 38.1 Å². The fraction of sp³-hybridized carbons (Fsp3) is 0.400. The Morgan fingerprint density at radius 2 is 2.00 bits per heavy atom. The van der Waals surface area contributed by atoms with E-state index in [1.807, 2.05) is 29.1 Å². The van der Waals surface area contributed by atoms with Gasteiger partial charge in [0, 0.05) is 11.9 Å². The molecule has 2 aromatic rings. The van der Waals surface area contributed by atoms with E-state index in [1.165, 1.54) is 11.1 Å². The zero-order valence-electron chi connectivity index (χ0n) is 11.4. The second kappa shape index (κ2) is 4.84. The number of hydrogen-bond donors (Lipinski definition) is 1. The third-order valence-electron chi connectivity index (χ3n) is 2.72. The third-order valence-corrected chi connectivity index (χ3v) is 2.72. The number of anilines is 1. The van der Waals surface area contributed by atoms with Gasteiger partial charge in [-0.1, -0.05) is 32.9 Å². The van der Waals surface area contributed by atoms with Crippen LogP contribution in [0.5, 0.6) is 0 Å². The zero-order valence-corrected chi connectivity index (χ0v) is 11.4. The molecule has 0 bridgehead atoms. The van der Waals surface area contributed by atoms with Crippen LogP contribution in [0.3, 0.4) is 0 Å². The van der Waals surface area contributed by atoms with Crippen molar-refractivity contribution in [1.29, 1.82) is 0 Å². The van der Waals surface area contributed by atoms with Crippen LogP contribution in [0.1, 0.15) is 31.9 Å². The molecule has 18 heavy (non-hydrogen) atoms. The maximum Gasteiger partial charge on any atom is 0.0660 e. The summed E-state index contributed by atoms with van der Waals surface area (Å²) in [5.74, 6) is 0. The normalized spacial score (nSPS) is 11.7. The molecule has 0 aliphatic heterocycles. The van der Waals surface area contributed by atoms with Gasteiger partial charge in [0.1, 0.15) is 0 Å². The van der Waals surface area contributed by atoms with Gasteiger partial charge in [0.2, 0.25) is 0 Å². The number of nitrogen functional groups attached to an aromatic ring is 1. The number of rotatable bonds is 3. The van der Waals surface area contributed by atoms with Crippen LogP contribution in [0, 0.1) is 5.41 Å². The molecule has 1 aromatic carbocycles. The Bertz CT molecular complexity index is 521. The van der Waals surface area contributed by atoms with E-state index < -0.39 is 0 Å². The lowest BCUT2D eigenvalue weighted by molar-refractivity contribution is 0.411. The summed E-state index contributed by atoms with van der Waals surface area (Å²) in [7, 11) is 0. The molecular weight excluding hydrogens is 222 g/mol. The Morgan fingerprint density at radius 3 is 2.67 bits per heavy atom. The summed E-state index contributed by atoms with van der Waals surface area (Å²) in [4.78, 5) is 0. The molecule has 0 saturated heterocycles. The summed E-state index contributed by atoms with van der Waals surface area (Å²) in [5.41, 5.74) is 9.33. The molecule has 0 fully saturated rings. The average Bonchev–Trinajstić information content (AvgIpc) is 2.62. The van der Waals surface area contributed by atoms with Gasteiger partial charge in [0.15, 0.2) is 0 Å². The number of hydrogen-bond acceptors (Lipinski definition) is 2. The van der Waals surface area contributed by atoms with Gasteiger partial charge in [-0.2, -0.15) is 5.10 Å². The van der Waals surface area contributed by atoms with Crippen molar-refractivity contribution in [2.24, 2.45) is 5.41 Å². The van der Waals surface area contributed by atoms with Crippen molar-refractivity contribution in [3.8, 4) is 0 Å². The highest BCUT2D eigenvalue weighted by molar-refractivity contribution is 5.40. The van der Waals surface area contributed by atoms with Crippen LogP contribution < -0.4 is 5.73 Å². The van der Waals surface area contributed by atoms with Crippen LogP contribution in [0.15, 0.2) is 36.7 Å². The molecule has 2 rings (SSSR count). The highest BCUT2D eigenvalue weighted by Gasteiger charge is 2.12. The van der Waals surface area contributed by atoms with E-state index >= 15 is 0 Å². The van der Waals surface area contributed by atoms with Gasteiger partial charge >= 0.3 is 0 Å². The first-order valence-electron chi connectivity index (χ1n) is 6.28. The van der Waals surface area contributed by atoms with Gasteiger partial charge in [-0.05, 0) is 35.1 Å². The fourth-order valence-electron chi connectivity index (χ4n) is 2.08. The summed E-state index contributed by atoms with van der Waals surface area (Å²) in [6, 6.07) is 7.94. The Kier molecular flexibility index (Phi) is 3.41. The van der Waals surface area contributed by atoms with Crippen LogP contribution in [0.2, 0.25) is 0 Å². The third kappa shape index (κ3) is 3.62. The van der Waals surface area contributed by atoms with Crippen molar-refractivity contribution in [2.75, 3.05) is 5.73 Å². The maximum absolute atomic E-state index is 5.77. The average molecular weight is 243 g/mol. The van der Waals surface area contributed by atoms with Crippen molar-refractivity contribution >= 4 is 5.69 Å². The number of aromatic nitrogens is 2. The molecule has 0 amide bonds. The first kappa shape index (κ1) is 12.7. The van der Waals surface area contributed by atoms with Crippen LogP contribution in [-0.4, -0.2) is 9.78 Å². The smallest absolute Gasteiger partial charge is 0.0660 e. The molecule has 0 atom stereocenters. The monoisotopic (exact) mass is 243 g/mol. The van der Waals surface area contributed by atoms with E-state index in [4.69, 9.17) is 5.73 Å². The molecule has 0 aliphatic carbocycles. The molecule has 0 aliphatic rings. The quantitative estimate of drug-likeness (QED) is 0.842. The lowest BCUT2D eigenvalue weighted by atomic mass is 9.89. The SMILES string of the molecule is CC(C)(C)Cc1cnn(Cc2cccc(N)c2)c1. The second-order valence-electron chi connectivity index (χ2n) is 6.03. The van der Waals surface area contributed by atoms with Gasteiger partial charge in [0.25, 0.3) is 0 Å². The molecule has 0 radical (unpaired) electrons. The van der Waals surface area contributed by atoms with Crippen molar-refractivity contribution in [1.82, 2.24) is 9.78 Å². The predicted molar refractivity (Wildman–Crippen MR) is 75.3 cm³/mol. The Morgan fingerprint density at radius 1 is 1.22 bits per heavy atom. The Labute approximate surface area is 109 Å². The second-order valence-corrected chi connectivity index (χ2v) is 6.03. The van der Waals surface area contributed by atoms with Crippen LogP contribution in [0.4, 0.5) is 5.69 Å². The van der Waals surface area contributed by atoms with Crippen LogP contribution in [0.25, 0.3) is 0 Å². The lowest BCUT2D eigenvalue weighted by Crippen LogP contribution is -2.08. The first-order valence-corrected chi connectivity index (χ1v) is 6.28. The van der Waals surface area contributed by atoms with Crippen molar-refractivity contribution < 1.29 is 0 Å². The molecule has 0 spiro atoms. The summed E-state index contributed by atoms with van der Waals surface area (Å²) in [6.45, 7) is 7.49. The lowest BCUT2D eigenvalue weighted by Gasteiger charge is -2.16. The number of nitrogens with zero attached hydrogens (tertiary/aromatic N) is 2. The van der Waals surface area contributed by atoms with E-state index in [0.29, 0.717) is 5.41 Å². The molecule has 3 heteroatoms. The van der Waals surface area contributed by atoms with E-state index in [9.17, 15) is 0 Å². The molecule has 3 nitrogen and oxygen atoms in total. The van der Waals surface area contributed by atoms with Crippen molar-refractivity contribution in [3.63, 3.8) is 0 Å². The van der Waals surface area contributed by atoms with Crippen LogP contribution >= 0.6 is 0 Å². The fourth-order valence-corrected chi connectivity index (χ4v) is 2.08. The molecule has 0 saturated carbocycles. The summed E-state index contributed by atoms with van der Waals surface area (Å²) in [6.07, 6.45) is 5.12. The van der Waals surface area contributed by atoms with Crippen LogP contribution in [-0.2, 0) is 13.0 Å². The first-order chi connectivity index (χ1) is 8.42. The van der Waals surface area contributed by atoms with E-state index in [0.717, 1.165) is 18.7 Å². The summed E-state index contributed by atoms with van der Waals surface area (Å²) in [5, 5.41) is 4.40. The number of benzene rings is 1. The number of nitrogens with two attached hydrogens (primary N) is 1. The Hall–Kier alpha value is -1.77. The van der Waals surface area contributed by atoms with Gasteiger partial charge in [-0.15, -0.1) is 0 Å². The minimum Gasteiger partial charge on any atom is -0.399 e. The van der Waals surface area contributed by atoms with Gasteiger partial charge in [-0.3, -0.25) is 4.68 Å². The standard InChI is InChI=1S/C15H21N3/c1-15(2,3)8-13-9-17-18(11-13)10-12-5-4-6-14(16)7-12/h4-7,9,11H,8,10,16H2,1-3H3. The minimum absolute atomic E-state index is 0.297. The minimum atomic E-state index is 0.297. The molecule has 1 aromatic heterocycles. The highest BCUT2D eigenvalue weighted by Crippen LogP contribution is 2.20.